The molecule has 0 aliphatic carbocycles. The topological polar surface area (TPSA) is 105 Å². The maximum Gasteiger partial charge on any atom is 0.343 e. The van der Waals surface area contributed by atoms with Crippen LogP contribution in [0.2, 0.25) is 0 Å². The average molecular weight is 426 g/mol. The van der Waals surface area contributed by atoms with E-state index >= 15 is 0 Å². The summed E-state index contributed by atoms with van der Waals surface area (Å²) < 4.78 is 18.7. The van der Waals surface area contributed by atoms with E-state index in [1.807, 2.05) is 34.6 Å². The minimum atomic E-state index is -1.29. The van der Waals surface area contributed by atoms with Crippen molar-refractivity contribution in [2.24, 2.45) is 0 Å². The van der Waals surface area contributed by atoms with E-state index in [4.69, 9.17) is 14.2 Å². The molecule has 5 atom stereocenters. The molecule has 0 bridgehead atoms. The predicted molar refractivity (Wildman–Crippen MR) is 112 cm³/mol. The molecule has 164 valence electrons. The third kappa shape index (κ3) is 2.35. The highest BCUT2D eigenvalue weighted by molar-refractivity contribution is 5.96. The van der Waals surface area contributed by atoms with Crippen molar-refractivity contribution in [2.45, 2.75) is 71.7 Å². The highest BCUT2D eigenvalue weighted by Crippen LogP contribution is 2.63. The van der Waals surface area contributed by atoms with Gasteiger partial charge < -0.3 is 29.5 Å². The monoisotopic (exact) mass is 426 g/mol. The van der Waals surface area contributed by atoms with Gasteiger partial charge in [0.1, 0.15) is 29.3 Å². The zero-order valence-corrected chi connectivity index (χ0v) is 18.4. The number of fused-ring (bicyclic) bond motifs is 4. The zero-order valence-electron chi connectivity index (χ0n) is 18.4. The van der Waals surface area contributed by atoms with E-state index in [0.717, 1.165) is 11.1 Å². The van der Waals surface area contributed by atoms with Crippen LogP contribution in [-0.2, 0) is 4.74 Å². The normalized spacial score (nSPS) is 27.6. The Kier molecular flexibility index (Phi) is 4.06. The number of hydrogen-bond donors (Lipinski definition) is 3. The lowest BCUT2D eigenvalue weighted by Crippen LogP contribution is -2.31. The lowest BCUT2D eigenvalue weighted by Gasteiger charge is -2.41. The van der Waals surface area contributed by atoms with E-state index < -0.39 is 12.1 Å². The summed E-state index contributed by atoms with van der Waals surface area (Å²) in [5, 5.41) is 31.9. The second kappa shape index (κ2) is 6.29. The fourth-order valence-electron chi connectivity index (χ4n) is 5.37. The van der Waals surface area contributed by atoms with Gasteiger partial charge in [0.05, 0.1) is 11.7 Å². The average Bonchev–Trinajstić information content (AvgIpc) is 3.00. The predicted octanol–water partition coefficient (Wildman–Crippen LogP) is 5.01. The van der Waals surface area contributed by atoms with Crippen molar-refractivity contribution in [3.63, 3.8) is 0 Å². The number of aromatic hydroxyl groups is 2. The van der Waals surface area contributed by atoms with Crippen molar-refractivity contribution in [3.8, 4) is 28.7 Å². The molecular weight excluding hydrogens is 400 g/mol. The number of ether oxygens (including phenoxy) is 3. The summed E-state index contributed by atoms with van der Waals surface area (Å²) in [5.74, 6) is -0.759. The van der Waals surface area contributed by atoms with Crippen LogP contribution in [0.25, 0.3) is 0 Å². The Hall–Kier alpha value is -2.93. The van der Waals surface area contributed by atoms with Gasteiger partial charge in [-0.1, -0.05) is 13.8 Å². The first-order valence-corrected chi connectivity index (χ1v) is 10.6. The van der Waals surface area contributed by atoms with Crippen molar-refractivity contribution < 1.29 is 34.3 Å². The summed E-state index contributed by atoms with van der Waals surface area (Å²) in [5.41, 5.74) is 3.55. The molecule has 0 saturated heterocycles. The number of phenols is 2. The van der Waals surface area contributed by atoms with E-state index in [2.05, 4.69) is 0 Å². The van der Waals surface area contributed by atoms with Gasteiger partial charge in [-0.2, -0.15) is 0 Å². The fourth-order valence-corrected chi connectivity index (χ4v) is 5.37. The van der Waals surface area contributed by atoms with Crippen LogP contribution in [0.4, 0.5) is 0 Å². The molecule has 31 heavy (non-hydrogen) atoms. The molecular formula is C24H26O7. The number of benzene rings is 2. The summed E-state index contributed by atoms with van der Waals surface area (Å²) in [4.78, 5) is 12.1. The van der Waals surface area contributed by atoms with Gasteiger partial charge in [-0.05, 0) is 44.4 Å². The number of carboxylic acids is 1. The Labute approximate surface area is 180 Å². The largest absolute Gasteiger partial charge is 0.507 e. The van der Waals surface area contributed by atoms with E-state index in [1.54, 1.807) is 6.92 Å². The molecule has 0 amide bonds. The Bertz CT molecular complexity index is 1170. The zero-order chi connectivity index (χ0) is 22.5. The first kappa shape index (κ1) is 20.0. The van der Waals surface area contributed by atoms with Crippen LogP contribution >= 0.6 is 0 Å². The van der Waals surface area contributed by atoms with E-state index in [9.17, 15) is 20.1 Å². The standard InChI is InChI=1S/C24H26O7/c1-7-11(5)29-20-15-13(7)9(3)19(26)17(24(27)28)21(15)31-23-16(20)18(25)10(4)14-8(2)12(6)30-22(14)23/h7-8,11-12,20,25-26H,1-6H3,(H,27,28)/t7-,8-,11-,12-,20-/m1/s1. The quantitative estimate of drug-likeness (QED) is 0.588. The van der Waals surface area contributed by atoms with Crippen LogP contribution in [0, 0.1) is 13.8 Å². The molecule has 3 N–H and O–H groups in total. The van der Waals surface area contributed by atoms with Crippen LogP contribution in [0.1, 0.15) is 89.4 Å². The summed E-state index contributed by atoms with van der Waals surface area (Å²) in [6.45, 7) is 11.4. The Morgan fingerprint density at radius 1 is 0.774 bits per heavy atom. The van der Waals surface area contributed by atoms with Crippen LogP contribution in [-0.4, -0.2) is 33.5 Å². The van der Waals surface area contributed by atoms with Crippen LogP contribution in [0.3, 0.4) is 0 Å². The van der Waals surface area contributed by atoms with Crippen molar-refractivity contribution in [1.82, 2.24) is 0 Å². The lowest BCUT2D eigenvalue weighted by atomic mass is 9.77. The van der Waals surface area contributed by atoms with Crippen LogP contribution < -0.4 is 9.47 Å². The first-order valence-electron chi connectivity index (χ1n) is 10.6. The Balaban J connectivity index is 1.90. The van der Waals surface area contributed by atoms with Gasteiger partial charge in [-0.25, -0.2) is 4.79 Å². The maximum atomic E-state index is 12.1. The van der Waals surface area contributed by atoms with Gasteiger partial charge in [-0.15, -0.1) is 0 Å². The molecule has 0 fully saturated rings. The Morgan fingerprint density at radius 2 is 1.39 bits per heavy atom. The SMILES string of the molecule is Cc1c(O)c2c(c3c1[C@H](C)[C@@H](C)O3)Oc1c(C(=O)O)c(O)c(C)c3c1[C@H]2O[C@H](C)[C@H]3C. The highest BCUT2D eigenvalue weighted by atomic mass is 16.5. The summed E-state index contributed by atoms with van der Waals surface area (Å²) in [6.07, 6.45) is -1.08. The summed E-state index contributed by atoms with van der Waals surface area (Å²) >= 11 is 0. The van der Waals surface area contributed by atoms with Crippen molar-refractivity contribution in [1.29, 1.82) is 0 Å². The van der Waals surface area contributed by atoms with Gasteiger partial charge >= 0.3 is 5.97 Å². The number of aromatic carboxylic acids is 1. The smallest absolute Gasteiger partial charge is 0.343 e. The van der Waals surface area contributed by atoms with Gasteiger partial charge in [0.25, 0.3) is 0 Å². The number of phenolic OH excluding ortho intramolecular Hbond substituents is 1. The number of hydrogen-bond acceptors (Lipinski definition) is 6. The second-order valence-electron chi connectivity index (χ2n) is 8.99. The second-order valence-corrected chi connectivity index (χ2v) is 8.99. The summed E-state index contributed by atoms with van der Waals surface area (Å²) in [7, 11) is 0. The third-order valence-corrected chi connectivity index (χ3v) is 7.38. The molecule has 3 aliphatic heterocycles. The molecule has 7 heteroatoms. The molecule has 0 saturated carbocycles. The first-order chi connectivity index (χ1) is 14.6. The van der Waals surface area contributed by atoms with Gasteiger partial charge in [-0.3, -0.25) is 0 Å². The van der Waals surface area contributed by atoms with E-state index in [1.165, 1.54) is 0 Å². The van der Waals surface area contributed by atoms with Crippen molar-refractivity contribution >= 4 is 5.97 Å². The molecule has 3 heterocycles. The third-order valence-electron chi connectivity index (χ3n) is 7.38. The number of carboxylic acid groups (broad SMARTS) is 1. The number of carbonyl (C=O) groups is 1. The molecule has 0 radical (unpaired) electrons. The highest BCUT2D eigenvalue weighted by Gasteiger charge is 2.47. The molecule has 0 aromatic heterocycles. The fraction of sp³-hybridized carbons (Fsp3) is 0.458. The lowest BCUT2D eigenvalue weighted by molar-refractivity contribution is -0.0141. The molecule has 2 aromatic carbocycles. The molecule has 0 spiro atoms. The van der Waals surface area contributed by atoms with E-state index in [0.29, 0.717) is 28.0 Å². The molecule has 5 rings (SSSR count). The molecule has 7 nitrogen and oxygen atoms in total. The minimum absolute atomic E-state index is 0.0309. The van der Waals surface area contributed by atoms with Crippen LogP contribution in [0.15, 0.2) is 0 Å². The van der Waals surface area contributed by atoms with Gasteiger partial charge in [0.2, 0.25) is 0 Å². The molecule has 0 unspecified atom stereocenters. The van der Waals surface area contributed by atoms with Gasteiger partial charge in [0.15, 0.2) is 17.2 Å². The van der Waals surface area contributed by atoms with Crippen molar-refractivity contribution in [3.05, 3.63) is 38.9 Å². The molecule has 3 aliphatic rings. The number of rotatable bonds is 1. The van der Waals surface area contributed by atoms with E-state index in [-0.39, 0.29) is 52.6 Å². The van der Waals surface area contributed by atoms with Crippen LogP contribution in [0.5, 0.6) is 28.7 Å². The minimum Gasteiger partial charge on any atom is -0.507 e. The maximum absolute atomic E-state index is 12.1. The van der Waals surface area contributed by atoms with Gasteiger partial charge in [0, 0.05) is 23.0 Å². The van der Waals surface area contributed by atoms with Crippen molar-refractivity contribution in [2.75, 3.05) is 0 Å². The Morgan fingerprint density at radius 3 is 2.03 bits per heavy atom. The molecule has 2 aromatic rings. The summed E-state index contributed by atoms with van der Waals surface area (Å²) in [6, 6.07) is 0.